The Balaban J connectivity index is 1.71. The zero-order valence-electron chi connectivity index (χ0n) is 16.9. The van der Waals surface area contributed by atoms with Crippen LogP contribution in [0, 0.1) is 5.82 Å². The first-order valence-electron chi connectivity index (χ1n) is 9.17. The van der Waals surface area contributed by atoms with E-state index >= 15 is 0 Å². The normalized spacial score (nSPS) is 12.5. The van der Waals surface area contributed by atoms with Gasteiger partial charge in [0.15, 0.2) is 0 Å². The molecule has 0 saturated heterocycles. The second-order valence-electron chi connectivity index (χ2n) is 7.94. The van der Waals surface area contributed by atoms with Crippen LogP contribution in [0.5, 0.6) is 0 Å². The summed E-state index contributed by atoms with van der Waals surface area (Å²) in [6.45, 7) is 6.30. The fourth-order valence-corrected chi connectivity index (χ4v) is 3.92. The van der Waals surface area contributed by atoms with Gasteiger partial charge in [-0.05, 0) is 17.0 Å². The first-order valence-corrected chi connectivity index (χ1v) is 10.8. The molecule has 1 heterocycles. The molecule has 0 saturated carbocycles. The predicted octanol–water partition coefficient (Wildman–Crippen LogP) is 4.14. The zero-order chi connectivity index (χ0) is 21.2. The molecule has 3 aromatic rings. The van der Waals surface area contributed by atoms with E-state index < -0.39 is 21.6 Å². The van der Waals surface area contributed by atoms with E-state index in [0.717, 1.165) is 9.87 Å². The van der Waals surface area contributed by atoms with Gasteiger partial charge in [-0.1, -0.05) is 68.4 Å². The van der Waals surface area contributed by atoms with Crippen LogP contribution < -0.4 is 0 Å². The average molecular weight is 418 g/mol. The van der Waals surface area contributed by atoms with Gasteiger partial charge in [-0.15, -0.1) is 0 Å². The van der Waals surface area contributed by atoms with Gasteiger partial charge in [0, 0.05) is 18.2 Å². The highest BCUT2D eigenvalue weighted by atomic mass is 32.2. The van der Waals surface area contributed by atoms with E-state index in [2.05, 4.69) is 30.9 Å². The van der Waals surface area contributed by atoms with Gasteiger partial charge in [0.05, 0.1) is 12.3 Å². The van der Waals surface area contributed by atoms with Crippen LogP contribution in [-0.4, -0.2) is 29.9 Å². The average Bonchev–Trinajstić information content (AvgIpc) is 3.11. The summed E-state index contributed by atoms with van der Waals surface area (Å²) in [4.78, 5) is 4.29. The standard InChI is InChI=1S/C21H24FN3O3S/c1-21(2,3)17-11-9-15(10-12-17)20-23-19(28-24-20)13-25(4)29(26,27)14-16-7-5-6-8-18(16)22/h5-12H,13-14H2,1-4H3. The lowest BCUT2D eigenvalue weighted by Crippen LogP contribution is -2.28. The highest BCUT2D eigenvalue weighted by Crippen LogP contribution is 2.25. The number of hydrogen-bond acceptors (Lipinski definition) is 5. The van der Waals surface area contributed by atoms with Gasteiger partial charge < -0.3 is 4.52 Å². The first-order chi connectivity index (χ1) is 13.6. The van der Waals surface area contributed by atoms with Crippen LogP contribution in [0.4, 0.5) is 4.39 Å². The van der Waals surface area contributed by atoms with E-state index in [0.29, 0.717) is 5.82 Å². The fourth-order valence-electron chi connectivity index (χ4n) is 2.77. The van der Waals surface area contributed by atoms with Crippen LogP contribution in [0.3, 0.4) is 0 Å². The Hall–Kier alpha value is -2.58. The molecular weight excluding hydrogens is 393 g/mol. The van der Waals surface area contributed by atoms with Crippen LogP contribution in [-0.2, 0) is 27.7 Å². The summed E-state index contributed by atoms with van der Waals surface area (Å²) in [7, 11) is -2.34. The Kier molecular flexibility index (Phi) is 5.86. The lowest BCUT2D eigenvalue weighted by atomic mass is 9.87. The van der Waals surface area contributed by atoms with Crippen molar-refractivity contribution in [2.24, 2.45) is 0 Å². The summed E-state index contributed by atoms with van der Waals surface area (Å²) < 4.78 is 45.1. The number of rotatable bonds is 6. The number of nitrogens with zero attached hydrogens (tertiary/aromatic N) is 3. The molecular formula is C21H24FN3O3S. The Bertz CT molecular complexity index is 1090. The quantitative estimate of drug-likeness (QED) is 0.603. The van der Waals surface area contributed by atoms with Crippen LogP contribution in [0.15, 0.2) is 53.1 Å². The van der Waals surface area contributed by atoms with Crippen LogP contribution in [0.1, 0.15) is 37.8 Å². The molecule has 0 spiro atoms. The van der Waals surface area contributed by atoms with E-state index in [-0.39, 0.29) is 23.4 Å². The smallest absolute Gasteiger partial charge is 0.242 e. The predicted molar refractivity (Wildman–Crippen MR) is 109 cm³/mol. The Morgan fingerprint density at radius 2 is 1.72 bits per heavy atom. The lowest BCUT2D eigenvalue weighted by molar-refractivity contribution is 0.336. The third kappa shape index (κ3) is 5.07. The van der Waals surface area contributed by atoms with Crippen LogP contribution in [0.2, 0.25) is 0 Å². The Morgan fingerprint density at radius 3 is 2.34 bits per heavy atom. The molecule has 1 aromatic heterocycles. The van der Waals surface area contributed by atoms with Gasteiger partial charge in [0.25, 0.3) is 0 Å². The largest absolute Gasteiger partial charge is 0.338 e. The Labute approximate surface area is 170 Å². The number of benzene rings is 2. The number of halogens is 1. The monoisotopic (exact) mass is 417 g/mol. The van der Waals surface area contributed by atoms with Crippen molar-refractivity contribution >= 4 is 10.0 Å². The van der Waals surface area contributed by atoms with Crippen molar-refractivity contribution < 1.29 is 17.3 Å². The number of aromatic nitrogens is 2. The van der Waals surface area contributed by atoms with E-state index in [9.17, 15) is 12.8 Å². The summed E-state index contributed by atoms with van der Waals surface area (Å²) in [5.41, 5.74) is 2.12. The van der Waals surface area contributed by atoms with Crippen LogP contribution >= 0.6 is 0 Å². The van der Waals surface area contributed by atoms with Gasteiger partial charge in [-0.3, -0.25) is 0 Å². The highest BCUT2D eigenvalue weighted by molar-refractivity contribution is 7.88. The summed E-state index contributed by atoms with van der Waals surface area (Å²) in [6.07, 6.45) is 0. The molecule has 0 aliphatic heterocycles. The number of sulfonamides is 1. The molecule has 154 valence electrons. The topological polar surface area (TPSA) is 76.3 Å². The molecule has 29 heavy (non-hydrogen) atoms. The van der Waals surface area contributed by atoms with E-state index in [1.165, 1.54) is 30.8 Å². The molecule has 0 N–H and O–H groups in total. The summed E-state index contributed by atoms with van der Waals surface area (Å²) in [6, 6.07) is 13.6. The van der Waals surface area contributed by atoms with Crippen molar-refractivity contribution in [3.8, 4) is 11.4 Å². The second-order valence-corrected chi connectivity index (χ2v) is 10.0. The summed E-state index contributed by atoms with van der Waals surface area (Å²) in [5, 5.41) is 3.94. The molecule has 0 aliphatic carbocycles. The molecule has 0 atom stereocenters. The second kappa shape index (κ2) is 8.04. The third-order valence-electron chi connectivity index (χ3n) is 4.61. The third-order valence-corrected chi connectivity index (χ3v) is 6.36. The molecule has 0 radical (unpaired) electrons. The minimum Gasteiger partial charge on any atom is -0.338 e. The maximum absolute atomic E-state index is 13.8. The van der Waals surface area contributed by atoms with Crippen molar-refractivity contribution in [1.29, 1.82) is 0 Å². The minimum atomic E-state index is -3.75. The van der Waals surface area contributed by atoms with Gasteiger partial charge in [-0.2, -0.15) is 9.29 Å². The maximum Gasteiger partial charge on any atom is 0.242 e. The fraction of sp³-hybridized carbons (Fsp3) is 0.333. The first kappa shape index (κ1) is 21.1. The molecule has 3 rings (SSSR count). The van der Waals surface area contributed by atoms with Gasteiger partial charge in [0.2, 0.25) is 21.7 Å². The highest BCUT2D eigenvalue weighted by Gasteiger charge is 2.23. The van der Waals surface area contributed by atoms with E-state index in [4.69, 9.17) is 4.52 Å². The van der Waals surface area contributed by atoms with E-state index in [1.54, 1.807) is 6.07 Å². The molecule has 6 nitrogen and oxygen atoms in total. The molecule has 0 aliphatic rings. The summed E-state index contributed by atoms with van der Waals surface area (Å²) in [5.74, 6) is -0.436. The van der Waals surface area contributed by atoms with Crippen molar-refractivity contribution in [2.45, 2.75) is 38.5 Å². The van der Waals surface area contributed by atoms with Crippen molar-refractivity contribution in [1.82, 2.24) is 14.4 Å². The van der Waals surface area contributed by atoms with Crippen molar-refractivity contribution in [3.05, 3.63) is 71.4 Å². The molecule has 8 heteroatoms. The van der Waals surface area contributed by atoms with Crippen molar-refractivity contribution in [2.75, 3.05) is 7.05 Å². The number of hydrogen-bond donors (Lipinski definition) is 0. The van der Waals surface area contributed by atoms with Gasteiger partial charge in [0.1, 0.15) is 5.82 Å². The van der Waals surface area contributed by atoms with Gasteiger partial charge >= 0.3 is 0 Å². The Morgan fingerprint density at radius 1 is 1.07 bits per heavy atom. The molecule has 0 bridgehead atoms. The van der Waals surface area contributed by atoms with Gasteiger partial charge in [-0.25, -0.2) is 12.8 Å². The SMILES string of the molecule is CN(Cc1nc(-c2ccc(C(C)(C)C)cc2)no1)S(=O)(=O)Cc1ccccc1F. The maximum atomic E-state index is 13.8. The van der Waals surface area contributed by atoms with Crippen molar-refractivity contribution in [3.63, 3.8) is 0 Å². The van der Waals surface area contributed by atoms with E-state index in [1.807, 2.05) is 24.3 Å². The molecule has 0 fully saturated rings. The van der Waals surface area contributed by atoms with Crippen LogP contribution in [0.25, 0.3) is 11.4 Å². The summed E-state index contributed by atoms with van der Waals surface area (Å²) >= 11 is 0. The lowest BCUT2D eigenvalue weighted by Gasteiger charge is -2.18. The molecule has 0 amide bonds. The zero-order valence-corrected chi connectivity index (χ0v) is 17.7. The molecule has 2 aromatic carbocycles. The minimum absolute atomic E-state index is 0.0379. The molecule has 0 unspecified atom stereocenters.